The highest BCUT2D eigenvalue weighted by atomic mass is 32.2. The van der Waals surface area contributed by atoms with E-state index in [1.807, 2.05) is 18.2 Å². The van der Waals surface area contributed by atoms with Gasteiger partial charge in [0.2, 0.25) is 5.91 Å². The number of thioether (sulfide) groups is 1. The summed E-state index contributed by atoms with van der Waals surface area (Å²) in [5.74, 6) is 2.15. The molecule has 0 heterocycles. The summed E-state index contributed by atoms with van der Waals surface area (Å²) < 4.78 is 38.8. The Kier molecular flexibility index (Phi) is 9.86. The van der Waals surface area contributed by atoms with Gasteiger partial charge < -0.3 is 14.8 Å². The van der Waals surface area contributed by atoms with Crippen molar-refractivity contribution in [3.63, 3.8) is 0 Å². The number of anilines is 1. The van der Waals surface area contributed by atoms with Gasteiger partial charge in [-0.3, -0.25) is 9.10 Å². The van der Waals surface area contributed by atoms with E-state index in [2.05, 4.69) is 17.4 Å². The molecular weight excluding hydrogens is 484 g/mol. The highest BCUT2D eigenvalue weighted by Crippen LogP contribution is 2.35. The molecule has 0 unspecified atom stereocenters. The monoisotopic (exact) mass is 514 g/mol. The molecular formula is C26H30N2O5S2. The van der Waals surface area contributed by atoms with Crippen molar-refractivity contribution in [3.05, 3.63) is 84.4 Å². The molecule has 0 atom stereocenters. The Labute approximate surface area is 211 Å². The van der Waals surface area contributed by atoms with Crippen molar-refractivity contribution in [1.29, 1.82) is 0 Å². The van der Waals surface area contributed by atoms with E-state index in [4.69, 9.17) is 9.47 Å². The maximum absolute atomic E-state index is 13.5. The Morgan fingerprint density at radius 2 is 1.63 bits per heavy atom. The van der Waals surface area contributed by atoms with Crippen molar-refractivity contribution >= 4 is 33.4 Å². The molecule has 186 valence electrons. The average Bonchev–Trinajstić information content (AvgIpc) is 2.90. The first kappa shape index (κ1) is 26.4. The van der Waals surface area contributed by atoms with Gasteiger partial charge in [-0.15, -0.1) is 0 Å². The van der Waals surface area contributed by atoms with Crippen LogP contribution in [0.25, 0.3) is 0 Å². The summed E-state index contributed by atoms with van der Waals surface area (Å²) >= 11 is 1.79. The second kappa shape index (κ2) is 13.1. The highest BCUT2D eigenvalue weighted by molar-refractivity contribution is 7.98. The number of methoxy groups -OCH3 is 2. The third-order valence-electron chi connectivity index (χ3n) is 5.17. The fraction of sp³-hybridized carbons (Fsp3) is 0.269. The molecule has 9 heteroatoms. The molecule has 1 N–H and O–H groups in total. The quantitative estimate of drug-likeness (QED) is 0.342. The van der Waals surface area contributed by atoms with Crippen LogP contribution in [-0.2, 0) is 20.6 Å². The molecule has 0 radical (unpaired) electrons. The number of nitrogens with one attached hydrogen (secondary N) is 1. The largest absolute Gasteiger partial charge is 0.497 e. The van der Waals surface area contributed by atoms with Crippen LogP contribution in [0.5, 0.6) is 11.5 Å². The van der Waals surface area contributed by atoms with Gasteiger partial charge in [-0.05, 0) is 42.0 Å². The number of carbonyl (C=O) groups excluding carboxylic acids is 1. The summed E-state index contributed by atoms with van der Waals surface area (Å²) in [6, 6.07) is 23.0. The van der Waals surface area contributed by atoms with E-state index in [0.29, 0.717) is 18.0 Å². The zero-order valence-corrected chi connectivity index (χ0v) is 21.5. The summed E-state index contributed by atoms with van der Waals surface area (Å²) in [5.41, 5.74) is 1.49. The van der Waals surface area contributed by atoms with Crippen molar-refractivity contribution in [2.45, 2.75) is 17.1 Å². The number of hydrogen-bond acceptors (Lipinski definition) is 6. The summed E-state index contributed by atoms with van der Waals surface area (Å²) in [7, 11) is -1.10. The van der Waals surface area contributed by atoms with Crippen LogP contribution in [0.4, 0.5) is 5.69 Å². The maximum atomic E-state index is 13.5. The molecule has 3 rings (SSSR count). The molecule has 0 bridgehead atoms. The van der Waals surface area contributed by atoms with Crippen LogP contribution in [0, 0.1) is 0 Å². The lowest BCUT2D eigenvalue weighted by Gasteiger charge is -2.26. The van der Waals surface area contributed by atoms with Gasteiger partial charge in [0.15, 0.2) is 0 Å². The van der Waals surface area contributed by atoms with E-state index < -0.39 is 22.5 Å². The number of nitrogens with zero attached hydrogens (tertiary/aromatic N) is 1. The first-order valence-electron chi connectivity index (χ1n) is 11.1. The molecule has 35 heavy (non-hydrogen) atoms. The van der Waals surface area contributed by atoms with Gasteiger partial charge in [0.1, 0.15) is 18.0 Å². The summed E-state index contributed by atoms with van der Waals surface area (Å²) in [4.78, 5) is 12.9. The molecule has 3 aromatic rings. The number of ether oxygens (including phenoxy) is 2. The smallest absolute Gasteiger partial charge is 0.264 e. The summed E-state index contributed by atoms with van der Waals surface area (Å²) in [6.07, 6.45) is 0.775. The first-order valence-corrected chi connectivity index (χ1v) is 13.7. The minimum absolute atomic E-state index is 0.0787. The number of benzene rings is 3. The van der Waals surface area contributed by atoms with E-state index >= 15 is 0 Å². The third kappa shape index (κ3) is 7.40. The van der Waals surface area contributed by atoms with Gasteiger partial charge in [-0.1, -0.05) is 48.5 Å². The van der Waals surface area contributed by atoms with Gasteiger partial charge in [-0.2, -0.15) is 11.8 Å². The Balaban J connectivity index is 1.69. The van der Waals surface area contributed by atoms with E-state index in [1.165, 1.54) is 31.9 Å². The van der Waals surface area contributed by atoms with Crippen LogP contribution in [-0.4, -0.2) is 47.4 Å². The van der Waals surface area contributed by atoms with Crippen molar-refractivity contribution < 1.29 is 22.7 Å². The van der Waals surface area contributed by atoms with E-state index in [1.54, 1.807) is 48.2 Å². The fourth-order valence-electron chi connectivity index (χ4n) is 3.36. The predicted octanol–water partition coefficient (Wildman–Crippen LogP) is 4.34. The second-order valence-electron chi connectivity index (χ2n) is 7.60. The molecule has 0 fully saturated rings. The third-order valence-corrected chi connectivity index (χ3v) is 8.06. The Morgan fingerprint density at radius 3 is 2.29 bits per heavy atom. The molecule has 0 aromatic heterocycles. The molecule has 0 saturated carbocycles. The van der Waals surface area contributed by atoms with Crippen LogP contribution in [0.3, 0.4) is 0 Å². The molecule has 0 aliphatic heterocycles. The van der Waals surface area contributed by atoms with E-state index in [-0.39, 0.29) is 10.6 Å². The van der Waals surface area contributed by atoms with E-state index in [9.17, 15) is 13.2 Å². The Hall–Kier alpha value is -3.17. The number of carbonyl (C=O) groups is 1. The van der Waals surface area contributed by atoms with Crippen molar-refractivity contribution in [2.75, 3.05) is 37.4 Å². The number of amides is 1. The van der Waals surface area contributed by atoms with Crippen molar-refractivity contribution in [3.8, 4) is 11.5 Å². The zero-order chi connectivity index (χ0) is 25.1. The van der Waals surface area contributed by atoms with Crippen LogP contribution >= 0.6 is 11.8 Å². The van der Waals surface area contributed by atoms with Gasteiger partial charge in [-0.25, -0.2) is 8.42 Å². The van der Waals surface area contributed by atoms with Crippen LogP contribution in [0.1, 0.15) is 12.0 Å². The van der Waals surface area contributed by atoms with Gasteiger partial charge in [0, 0.05) is 18.4 Å². The molecule has 3 aromatic carbocycles. The van der Waals surface area contributed by atoms with Crippen molar-refractivity contribution in [2.24, 2.45) is 0 Å². The van der Waals surface area contributed by atoms with E-state index in [0.717, 1.165) is 22.2 Å². The molecule has 7 nitrogen and oxygen atoms in total. The fourth-order valence-corrected chi connectivity index (χ4v) is 5.73. The van der Waals surface area contributed by atoms with Crippen molar-refractivity contribution in [1.82, 2.24) is 5.32 Å². The predicted molar refractivity (Wildman–Crippen MR) is 141 cm³/mol. The normalized spacial score (nSPS) is 11.0. The standard InChI is InChI=1S/C26H30N2O5S2/c1-32-22-14-15-25(33-2)24(18-22)28(35(30,31)23-12-7-4-8-13-23)19-26(29)27-16-9-17-34-20-21-10-5-3-6-11-21/h3-8,10-15,18H,9,16-17,19-20H2,1-2H3,(H,27,29). The SMILES string of the molecule is COc1ccc(OC)c(N(CC(=O)NCCCSCc2ccccc2)S(=O)(=O)c2ccccc2)c1. The molecule has 1 amide bonds. The second-order valence-corrected chi connectivity index (χ2v) is 10.6. The molecule has 0 aliphatic rings. The van der Waals surface area contributed by atoms with Crippen LogP contribution in [0.15, 0.2) is 83.8 Å². The molecule has 0 spiro atoms. The minimum atomic E-state index is -4.04. The Bertz CT molecular complexity index is 1190. The zero-order valence-electron chi connectivity index (χ0n) is 19.8. The lowest BCUT2D eigenvalue weighted by Crippen LogP contribution is -2.41. The number of sulfonamides is 1. The number of rotatable bonds is 13. The maximum Gasteiger partial charge on any atom is 0.264 e. The lowest BCUT2D eigenvalue weighted by molar-refractivity contribution is -0.119. The summed E-state index contributed by atoms with van der Waals surface area (Å²) in [5, 5.41) is 2.84. The summed E-state index contributed by atoms with van der Waals surface area (Å²) in [6.45, 7) is 0.0625. The van der Waals surface area contributed by atoms with Crippen LogP contribution in [0.2, 0.25) is 0 Å². The Morgan fingerprint density at radius 1 is 0.943 bits per heavy atom. The first-order chi connectivity index (χ1) is 17.0. The molecule has 0 saturated heterocycles. The molecule has 0 aliphatic carbocycles. The number of hydrogen-bond donors (Lipinski definition) is 1. The average molecular weight is 515 g/mol. The lowest BCUT2D eigenvalue weighted by atomic mass is 10.2. The van der Waals surface area contributed by atoms with Gasteiger partial charge in [0.05, 0.1) is 24.8 Å². The highest BCUT2D eigenvalue weighted by Gasteiger charge is 2.29. The van der Waals surface area contributed by atoms with Gasteiger partial charge >= 0.3 is 0 Å². The van der Waals surface area contributed by atoms with Crippen LogP contribution < -0.4 is 19.1 Å². The topological polar surface area (TPSA) is 84.9 Å². The van der Waals surface area contributed by atoms with Gasteiger partial charge in [0.25, 0.3) is 10.0 Å². The minimum Gasteiger partial charge on any atom is -0.497 e.